The third kappa shape index (κ3) is 4.30. The fourth-order valence-corrected chi connectivity index (χ4v) is 4.71. The number of morpholine rings is 1. The van der Waals surface area contributed by atoms with E-state index in [1.807, 2.05) is 59.5 Å². The van der Waals surface area contributed by atoms with Gasteiger partial charge in [-0.2, -0.15) is 0 Å². The van der Waals surface area contributed by atoms with Gasteiger partial charge in [0.05, 0.1) is 18.9 Å². The van der Waals surface area contributed by atoms with Gasteiger partial charge in [0.1, 0.15) is 10.6 Å². The number of hydrogen-bond donors (Lipinski definition) is 0. The number of hydrogen-bond acceptors (Lipinski definition) is 5. The smallest absolute Gasteiger partial charge is 0.283 e. The van der Waals surface area contributed by atoms with Crippen LogP contribution in [0.25, 0.3) is 0 Å². The van der Waals surface area contributed by atoms with Crippen LogP contribution in [0.4, 0.5) is 5.69 Å². The number of nitrogens with zero attached hydrogens (tertiary/aromatic N) is 2. The molecule has 5 nitrogen and oxygen atoms in total. The maximum Gasteiger partial charge on any atom is 0.283 e. The standard InChI is InChI=1S/C24H26N2O3S/c1-2-3-7-18-10-12-19(13-11-18)26-23(27)21(25-14-16-29-17-15-25)22(24(26)28)30-20-8-5-4-6-9-20/h4-6,8-13H,2-3,7,14-17H2,1H3. The number of carbonyl (C=O) groups is 2. The van der Waals surface area contributed by atoms with Gasteiger partial charge in [-0.3, -0.25) is 9.59 Å². The average Bonchev–Trinajstić information content (AvgIpc) is 3.03. The molecule has 2 heterocycles. The first-order chi connectivity index (χ1) is 14.7. The van der Waals surface area contributed by atoms with E-state index in [-0.39, 0.29) is 11.8 Å². The van der Waals surface area contributed by atoms with Crippen molar-refractivity contribution in [3.05, 3.63) is 70.8 Å². The minimum Gasteiger partial charge on any atom is -0.378 e. The zero-order valence-electron chi connectivity index (χ0n) is 17.2. The summed E-state index contributed by atoms with van der Waals surface area (Å²) in [7, 11) is 0. The van der Waals surface area contributed by atoms with Crippen molar-refractivity contribution in [1.82, 2.24) is 4.90 Å². The maximum absolute atomic E-state index is 13.4. The number of carbonyl (C=O) groups excluding carboxylic acids is 2. The number of benzene rings is 2. The van der Waals surface area contributed by atoms with E-state index in [0.717, 1.165) is 24.2 Å². The minimum absolute atomic E-state index is 0.248. The van der Waals surface area contributed by atoms with Gasteiger partial charge in [0.2, 0.25) is 0 Å². The normalized spacial score (nSPS) is 17.2. The SMILES string of the molecule is CCCCc1ccc(N2C(=O)C(Sc3ccccc3)=C(N3CCOCC3)C2=O)cc1. The van der Waals surface area contributed by atoms with Crippen molar-refractivity contribution >= 4 is 29.3 Å². The first kappa shape index (κ1) is 20.7. The van der Waals surface area contributed by atoms with Gasteiger partial charge >= 0.3 is 0 Å². The highest BCUT2D eigenvalue weighted by atomic mass is 32.2. The molecule has 2 amide bonds. The molecule has 1 fully saturated rings. The molecule has 0 aliphatic carbocycles. The summed E-state index contributed by atoms with van der Waals surface area (Å²) in [5, 5.41) is 0. The zero-order valence-corrected chi connectivity index (χ0v) is 18.0. The lowest BCUT2D eigenvalue weighted by atomic mass is 10.1. The Kier molecular flexibility index (Phi) is 6.55. The predicted octanol–water partition coefficient (Wildman–Crippen LogP) is 4.24. The number of thioether (sulfide) groups is 1. The van der Waals surface area contributed by atoms with Gasteiger partial charge in [-0.1, -0.05) is 55.4 Å². The second kappa shape index (κ2) is 9.49. The van der Waals surface area contributed by atoms with Crippen molar-refractivity contribution in [1.29, 1.82) is 0 Å². The van der Waals surface area contributed by atoms with Crippen molar-refractivity contribution in [2.45, 2.75) is 31.1 Å². The van der Waals surface area contributed by atoms with E-state index in [9.17, 15) is 9.59 Å². The number of imide groups is 1. The van der Waals surface area contributed by atoms with Gasteiger partial charge in [-0.25, -0.2) is 4.90 Å². The van der Waals surface area contributed by atoms with Crippen molar-refractivity contribution in [2.75, 3.05) is 31.2 Å². The van der Waals surface area contributed by atoms with Gasteiger partial charge in [-0.15, -0.1) is 0 Å². The Hall–Kier alpha value is -2.57. The molecule has 0 atom stereocenters. The Morgan fingerprint density at radius 1 is 0.933 bits per heavy atom. The average molecular weight is 423 g/mol. The van der Waals surface area contributed by atoms with Crippen LogP contribution in [0.2, 0.25) is 0 Å². The summed E-state index contributed by atoms with van der Waals surface area (Å²) in [6.07, 6.45) is 3.27. The molecule has 4 rings (SSSR count). The third-order valence-electron chi connectivity index (χ3n) is 5.32. The molecule has 0 spiro atoms. The lowest BCUT2D eigenvalue weighted by Gasteiger charge is -2.29. The first-order valence-corrected chi connectivity index (χ1v) is 11.3. The second-order valence-corrected chi connectivity index (χ2v) is 8.49. The van der Waals surface area contributed by atoms with E-state index in [4.69, 9.17) is 4.74 Å². The lowest BCUT2D eigenvalue weighted by Crippen LogP contribution is -2.40. The van der Waals surface area contributed by atoms with Gasteiger partial charge in [0.15, 0.2) is 0 Å². The summed E-state index contributed by atoms with van der Waals surface area (Å²) >= 11 is 1.36. The van der Waals surface area contributed by atoms with Gasteiger partial charge in [0, 0.05) is 18.0 Å². The molecule has 0 aromatic heterocycles. The fraction of sp³-hybridized carbons (Fsp3) is 0.333. The maximum atomic E-state index is 13.4. The lowest BCUT2D eigenvalue weighted by molar-refractivity contribution is -0.121. The molecule has 6 heteroatoms. The van der Waals surface area contributed by atoms with E-state index >= 15 is 0 Å². The highest BCUT2D eigenvalue weighted by Crippen LogP contribution is 2.38. The molecule has 156 valence electrons. The largest absolute Gasteiger partial charge is 0.378 e. The van der Waals surface area contributed by atoms with Crippen LogP contribution < -0.4 is 4.90 Å². The number of rotatable bonds is 7. The summed E-state index contributed by atoms with van der Waals surface area (Å²) in [6, 6.07) is 17.5. The minimum atomic E-state index is -0.253. The van der Waals surface area contributed by atoms with Crippen LogP contribution in [0.5, 0.6) is 0 Å². The van der Waals surface area contributed by atoms with E-state index in [1.165, 1.54) is 22.2 Å². The van der Waals surface area contributed by atoms with Crippen molar-refractivity contribution < 1.29 is 14.3 Å². The Balaban J connectivity index is 1.65. The third-order valence-corrected chi connectivity index (χ3v) is 6.40. The molecule has 2 aromatic carbocycles. The molecule has 2 aromatic rings. The number of unbranched alkanes of at least 4 members (excludes halogenated alkanes) is 1. The predicted molar refractivity (Wildman–Crippen MR) is 119 cm³/mol. The summed E-state index contributed by atoms with van der Waals surface area (Å²) < 4.78 is 5.45. The van der Waals surface area contributed by atoms with Crippen LogP contribution in [-0.2, 0) is 20.7 Å². The Bertz CT molecular complexity index is 935. The monoisotopic (exact) mass is 422 g/mol. The fourth-order valence-electron chi connectivity index (χ4n) is 3.69. The van der Waals surface area contributed by atoms with E-state index in [2.05, 4.69) is 6.92 Å². The highest BCUT2D eigenvalue weighted by Gasteiger charge is 2.42. The molecular weight excluding hydrogens is 396 g/mol. The summed E-state index contributed by atoms with van der Waals surface area (Å²) in [5.74, 6) is -0.502. The molecule has 2 aliphatic rings. The van der Waals surface area contributed by atoms with Gasteiger partial charge in [0.25, 0.3) is 11.8 Å². The molecule has 2 aliphatic heterocycles. The summed E-state index contributed by atoms with van der Waals surface area (Å²) in [4.78, 5) is 31.6. The Morgan fingerprint density at radius 2 is 1.63 bits per heavy atom. The van der Waals surface area contributed by atoms with Crippen LogP contribution in [-0.4, -0.2) is 43.0 Å². The highest BCUT2D eigenvalue weighted by molar-refractivity contribution is 8.04. The van der Waals surface area contributed by atoms with Crippen LogP contribution in [0, 0.1) is 0 Å². The van der Waals surface area contributed by atoms with Crippen molar-refractivity contribution in [2.24, 2.45) is 0 Å². The number of amides is 2. The molecular formula is C24H26N2O3S. The molecule has 0 saturated carbocycles. The van der Waals surface area contributed by atoms with Crippen LogP contribution in [0.1, 0.15) is 25.3 Å². The number of ether oxygens (including phenoxy) is 1. The number of anilines is 1. The van der Waals surface area contributed by atoms with E-state index < -0.39 is 0 Å². The van der Waals surface area contributed by atoms with E-state index in [1.54, 1.807) is 0 Å². The Morgan fingerprint density at radius 3 is 2.30 bits per heavy atom. The molecule has 30 heavy (non-hydrogen) atoms. The second-order valence-electron chi connectivity index (χ2n) is 7.41. The van der Waals surface area contributed by atoms with Crippen molar-refractivity contribution in [3.63, 3.8) is 0 Å². The quantitative estimate of drug-likeness (QED) is 0.625. The molecule has 0 bridgehead atoms. The Labute approximate surface area is 181 Å². The van der Waals surface area contributed by atoms with Crippen LogP contribution >= 0.6 is 11.8 Å². The van der Waals surface area contributed by atoms with Crippen LogP contribution in [0.3, 0.4) is 0 Å². The summed E-state index contributed by atoms with van der Waals surface area (Å²) in [5.41, 5.74) is 2.34. The zero-order chi connectivity index (χ0) is 20.9. The van der Waals surface area contributed by atoms with E-state index in [0.29, 0.717) is 42.6 Å². The molecule has 0 N–H and O–H groups in total. The van der Waals surface area contributed by atoms with Gasteiger partial charge < -0.3 is 9.64 Å². The topological polar surface area (TPSA) is 49.9 Å². The summed E-state index contributed by atoms with van der Waals surface area (Å²) in [6.45, 7) is 4.50. The molecule has 0 unspecified atom stereocenters. The molecule has 0 radical (unpaired) electrons. The first-order valence-electron chi connectivity index (χ1n) is 10.5. The van der Waals surface area contributed by atoms with Crippen molar-refractivity contribution in [3.8, 4) is 0 Å². The van der Waals surface area contributed by atoms with Gasteiger partial charge in [-0.05, 0) is 42.7 Å². The molecule has 1 saturated heterocycles. The van der Waals surface area contributed by atoms with Crippen LogP contribution in [0.15, 0.2) is 70.1 Å². The number of aryl methyl sites for hydroxylation is 1.